The number of sulfonamides is 1. The number of ether oxygens (including phenoxy) is 1. The lowest BCUT2D eigenvalue weighted by Crippen LogP contribution is -2.51. The largest absolute Gasteiger partial charge is 0.497 e. The number of benzene rings is 2. The van der Waals surface area contributed by atoms with Gasteiger partial charge in [-0.1, -0.05) is 43.1 Å². The monoisotopic (exact) mass is 523 g/mol. The van der Waals surface area contributed by atoms with Crippen molar-refractivity contribution in [3.05, 3.63) is 58.6 Å². The number of unbranched alkanes of at least 4 members (excludes halogenated alkanes) is 1. The summed E-state index contributed by atoms with van der Waals surface area (Å²) in [5.41, 5.74) is 1.81. The molecule has 1 atom stereocenters. The van der Waals surface area contributed by atoms with E-state index in [9.17, 15) is 18.0 Å². The van der Waals surface area contributed by atoms with Gasteiger partial charge in [-0.25, -0.2) is 8.42 Å². The van der Waals surface area contributed by atoms with Crippen molar-refractivity contribution in [3.63, 3.8) is 0 Å². The highest BCUT2D eigenvalue weighted by molar-refractivity contribution is 7.92. The van der Waals surface area contributed by atoms with Crippen LogP contribution in [0, 0.1) is 6.92 Å². The maximum Gasteiger partial charge on any atom is 0.244 e. The number of anilines is 1. The number of nitrogens with one attached hydrogen (secondary N) is 1. The first-order valence-corrected chi connectivity index (χ1v) is 13.6. The average molecular weight is 524 g/mol. The predicted molar refractivity (Wildman–Crippen MR) is 139 cm³/mol. The molecule has 0 spiro atoms. The van der Waals surface area contributed by atoms with Gasteiger partial charge in [-0.15, -0.1) is 0 Å². The molecule has 2 aromatic rings. The van der Waals surface area contributed by atoms with E-state index in [0.29, 0.717) is 17.3 Å². The highest BCUT2D eigenvalue weighted by Gasteiger charge is 2.30. The lowest BCUT2D eigenvalue weighted by Gasteiger charge is -2.31. The number of halogens is 1. The molecule has 0 unspecified atom stereocenters. The molecule has 0 saturated heterocycles. The molecule has 2 amide bonds. The van der Waals surface area contributed by atoms with Crippen molar-refractivity contribution in [1.29, 1.82) is 0 Å². The van der Waals surface area contributed by atoms with Gasteiger partial charge >= 0.3 is 0 Å². The summed E-state index contributed by atoms with van der Waals surface area (Å²) in [5.74, 6) is -0.214. The third kappa shape index (κ3) is 8.14. The zero-order chi connectivity index (χ0) is 26.2. The van der Waals surface area contributed by atoms with Crippen LogP contribution >= 0.6 is 11.6 Å². The predicted octanol–water partition coefficient (Wildman–Crippen LogP) is 3.76. The number of rotatable bonds is 12. The van der Waals surface area contributed by atoms with E-state index in [4.69, 9.17) is 16.3 Å². The summed E-state index contributed by atoms with van der Waals surface area (Å²) in [6, 6.07) is 11.1. The zero-order valence-corrected chi connectivity index (χ0v) is 22.4. The first-order valence-electron chi connectivity index (χ1n) is 11.4. The Balaban J connectivity index is 2.38. The van der Waals surface area contributed by atoms with Gasteiger partial charge in [0.2, 0.25) is 21.8 Å². The van der Waals surface area contributed by atoms with Crippen LogP contribution in [-0.2, 0) is 26.2 Å². The third-order valence-electron chi connectivity index (χ3n) is 5.61. The summed E-state index contributed by atoms with van der Waals surface area (Å²) in [6.45, 7) is 5.58. The van der Waals surface area contributed by atoms with E-state index in [2.05, 4.69) is 5.32 Å². The van der Waals surface area contributed by atoms with Crippen LogP contribution < -0.4 is 14.4 Å². The molecule has 0 bridgehead atoms. The van der Waals surface area contributed by atoms with Crippen molar-refractivity contribution < 1.29 is 22.7 Å². The van der Waals surface area contributed by atoms with Crippen molar-refractivity contribution in [3.8, 4) is 5.75 Å². The minimum absolute atomic E-state index is 0.102. The van der Waals surface area contributed by atoms with E-state index >= 15 is 0 Å². The highest BCUT2D eigenvalue weighted by atomic mass is 35.5. The maximum atomic E-state index is 13.5. The fourth-order valence-corrected chi connectivity index (χ4v) is 4.45. The van der Waals surface area contributed by atoms with Crippen molar-refractivity contribution in [2.45, 2.75) is 46.2 Å². The summed E-state index contributed by atoms with van der Waals surface area (Å²) in [4.78, 5) is 27.7. The van der Waals surface area contributed by atoms with Gasteiger partial charge in [-0.3, -0.25) is 13.9 Å². The molecule has 2 rings (SSSR count). The van der Waals surface area contributed by atoms with Crippen LogP contribution in [0.15, 0.2) is 42.5 Å². The van der Waals surface area contributed by atoms with E-state index in [-0.39, 0.29) is 18.1 Å². The lowest BCUT2D eigenvalue weighted by atomic mass is 10.1. The lowest BCUT2D eigenvalue weighted by molar-refractivity contribution is -0.139. The molecule has 1 N–H and O–H groups in total. The van der Waals surface area contributed by atoms with E-state index in [1.165, 1.54) is 11.0 Å². The smallest absolute Gasteiger partial charge is 0.244 e. The van der Waals surface area contributed by atoms with Crippen LogP contribution in [0.25, 0.3) is 0 Å². The van der Waals surface area contributed by atoms with Crippen molar-refractivity contribution in [2.75, 3.05) is 30.8 Å². The van der Waals surface area contributed by atoms with Crippen LogP contribution in [-0.4, -0.2) is 57.6 Å². The topological polar surface area (TPSA) is 96.0 Å². The minimum Gasteiger partial charge on any atom is -0.497 e. The Morgan fingerprint density at radius 1 is 1.17 bits per heavy atom. The molecule has 10 heteroatoms. The standard InChI is InChI=1S/C25H34ClN3O5S/c1-6-7-13-27-25(31)19(3)28(16-20-9-8-10-22(14-20)34-4)24(30)17-29(35(5,32)33)21-12-11-18(2)23(26)15-21/h8-12,14-15,19H,6-7,13,16-17H2,1-5H3,(H,27,31)/t19-/m1/s1. The van der Waals surface area contributed by atoms with Crippen LogP contribution in [0.2, 0.25) is 5.02 Å². The molecule has 0 aromatic heterocycles. The molecule has 0 fully saturated rings. The Bertz CT molecular complexity index is 1140. The summed E-state index contributed by atoms with van der Waals surface area (Å²) in [7, 11) is -2.27. The Morgan fingerprint density at radius 2 is 1.89 bits per heavy atom. The first kappa shape index (κ1) is 28.5. The summed E-state index contributed by atoms with van der Waals surface area (Å²) in [6.07, 6.45) is 2.77. The maximum absolute atomic E-state index is 13.5. The van der Waals surface area contributed by atoms with E-state index < -0.39 is 28.5 Å². The Kier molecular flexibility index (Phi) is 10.4. The van der Waals surface area contributed by atoms with Gasteiger partial charge < -0.3 is 15.0 Å². The number of methoxy groups -OCH3 is 1. The normalized spacial score (nSPS) is 12.1. The molecule has 2 aromatic carbocycles. The third-order valence-corrected chi connectivity index (χ3v) is 7.15. The van der Waals surface area contributed by atoms with Gasteiger partial charge in [0, 0.05) is 18.1 Å². The molecule has 192 valence electrons. The number of carbonyl (C=O) groups excluding carboxylic acids is 2. The zero-order valence-electron chi connectivity index (χ0n) is 20.9. The molecule has 8 nitrogen and oxygen atoms in total. The second kappa shape index (κ2) is 12.8. The molecule has 0 aliphatic carbocycles. The second-order valence-electron chi connectivity index (χ2n) is 8.40. The number of hydrogen-bond acceptors (Lipinski definition) is 5. The molecule has 0 aliphatic heterocycles. The SMILES string of the molecule is CCCCNC(=O)[C@@H](C)N(Cc1cccc(OC)c1)C(=O)CN(c1ccc(C)c(Cl)c1)S(C)(=O)=O. The first-order chi connectivity index (χ1) is 16.5. The van der Waals surface area contributed by atoms with Crippen LogP contribution in [0.3, 0.4) is 0 Å². The summed E-state index contributed by atoms with van der Waals surface area (Å²) in [5, 5.41) is 3.24. The van der Waals surface area contributed by atoms with Gasteiger partial charge in [-0.2, -0.15) is 0 Å². The molecule has 0 aliphatic rings. The molecule has 35 heavy (non-hydrogen) atoms. The number of amides is 2. The Morgan fingerprint density at radius 3 is 2.49 bits per heavy atom. The quantitative estimate of drug-likeness (QED) is 0.427. The summed E-state index contributed by atoms with van der Waals surface area (Å²) >= 11 is 6.21. The van der Waals surface area contributed by atoms with Crippen molar-refractivity contribution >= 4 is 39.1 Å². The van der Waals surface area contributed by atoms with Gasteiger partial charge in [0.15, 0.2) is 0 Å². The molecular formula is C25H34ClN3O5S. The van der Waals surface area contributed by atoms with Gasteiger partial charge in [0.1, 0.15) is 18.3 Å². The van der Waals surface area contributed by atoms with Gasteiger partial charge in [0.05, 0.1) is 19.1 Å². The van der Waals surface area contributed by atoms with Gasteiger partial charge in [-0.05, 0) is 55.7 Å². The minimum atomic E-state index is -3.82. The number of carbonyl (C=O) groups is 2. The fraction of sp³-hybridized carbons (Fsp3) is 0.440. The van der Waals surface area contributed by atoms with Crippen LogP contribution in [0.5, 0.6) is 5.75 Å². The molecule has 0 heterocycles. The van der Waals surface area contributed by atoms with E-state index in [1.54, 1.807) is 51.3 Å². The molecule has 0 radical (unpaired) electrons. The molecular weight excluding hydrogens is 490 g/mol. The Hall–Kier alpha value is -2.78. The van der Waals surface area contributed by atoms with Crippen LogP contribution in [0.4, 0.5) is 5.69 Å². The second-order valence-corrected chi connectivity index (χ2v) is 10.7. The van der Waals surface area contributed by atoms with Gasteiger partial charge in [0.25, 0.3) is 0 Å². The highest BCUT2D eigenvalue weighted by Crippen LogP contribution is 2.25. The Labute approximate surface area is 213 Å². The number of hydrogen-bond donors (Lipinski definition) is 1. The van der Waals surface area contributed by atoms with E-state index in [1.807, 2.05) is 13.0 Å². The fourth-order valence-electron chi connectivity index (χ4n) is 3.44. The molecule has 0 saturated carbocycles. The number of aryl methyl sites for hydroxylation is 1. The summed E-state index contributed by atoms with van der Waals surface area (Å²) < 4.78 is 31.5. The average Bonchev–Trinajstić information content (AvgIpc) is 2.81. The van der Waals surface area contributed by atoms with Crippen molar-refractivity contribution in [1.82, 2.24) is 10.2 Å². The van der Waals surface area contributed by atoms with Crippen molar-refractivity contribution in [2.24, 2.45) is 0 Å². The van der Waals surface area contributed by atoms with Crippen LogP contribution in [0.1, 0.15) is 37.8 Å². The number of nitrogens with zero attached hydrogens (tertiary/aromatic N) is 2. The van der Waals surface area contributed by atoms with E-state index in [0.717, 1.165) is 34.5 Å².